The van der Waals surface area contributed by atoms with Crippen molar-refractivity contribution >= 4 is 11.6 Å². The van der Waals surface area contributed by atoms with Crippen molar-refractivity contribution in [2.45, 2.75) is 31.6 Å². The van der Waals surface area contributed by atoms with Crippen LogP contribution in [0.5, 0.6) is 0 Å². The maximum Gasteiger partial charge on any atom is 0.161 e. The lowest BCUT2D eigenvalue weighted by Crippen LogP contribution is -2.08. The molecule has 3 aromatic rings. The van der Waals surface area contributed by atoms with Gasteiger partial charge in [-0.05, 0) is 42.6 Å². The van der Waals surface area contributed by atoms with Crippen LogP contribution in [0.25, 0.3) is 22.6 Å². The molecule has 2 saturated carbocycles. The van der Waals surface area contributed by atoms with Gasteiger partial charge in [0.15, 0.2) is 5.82 Å². The van der Waals surface area contributed by atoms with E-state index in [0.717, 1.165) is 34.6 Å². The Labute approximate surface area is 159 Å². The van der Waals surface area contributed by atoms with Crippen LogP contribution in [0, 0.1) is 11.8 Å². The largest absolute Gasteiger partial charge is 0.228 e. The summed E-state index contributed by atoms with van der Waals surface area (Å²) in [4.78, 5) is 9.13. The van der Waals surface area contributed by atoms with E-state index in [1.165, 1.54) is 31.2 Å². The topological polar surface area (TPSA) is 25.8 Å². The molecule has 2 aromatic carbocycles. The Kier molecular flexibility index (Phi) is 4.01. The van der Waals surface area contributed by atoms with Gasteiger partial charge in [0, 0.05) is 17.2 Å². The second-order valence-electron chi connectivity index (χ2n) is 7.67. The van der Waals surface area contributed by atoms with Crippen LogP contribution in [0.2, 0.25) is 5.15 Å². The maximum absolute atomic E-state index is 6.28. The third-order valence-electron chi connectivity index (χ3n) is 6.10. The predicted molar refractivity (Wildman–Crippen MR) is 106 cm³/mol. The fourth-order valence-corrected chi connectivity index (χ4v) is 5.02. The molecule has 1 heterocycles. The van der Waals surface area contributed by atoms with E-state index < -0.39 is 0 Å². The van der Waals surface area contributed by atoms with Crippen LogP contribution in [-0.2, 0) is 0 Å². The number of benzene rings is 2. The molecule has 2 bridgehead atoms. The molecule has 2 aliphatic carbocycles. The summed E-state index contributed by atoms with van der Waals surface area (Å²) in [5.41, 5.74) is 4.45. The van der Waals surface area contributed by atoms with E-state index >= 15 is 0 Å². The zero-order valence-electron chi connectivity index (χ0n) is 14.6. The number of halogens is 1. The SMILES string of the molecule is Clc1cc(-c2ccc(C3CC4CCC3C4)cc2)nc(-c2ccccc2)n1. The predicted octanol–water partition coefficient (Wildman–Crippen LogP) is 6.37. The smallest absolute Gasteiger partial charge is 0.161 e. The summed E-state index contributed by atoms with van der Waals surface area (Å²) >= 11 is 6.28. The molecule has 2 nitrogen and oxygen atoms in total. The van der Waals surface area contributed by atoms with Crippen molar-refractivity contribution in [1.82, 2.24) is 9.97 Å². The lowest BCUT2D eigenvalue weighted by molar-refractivity contribution is 0.420. The molecule has 26 heavy (non-hydrogen) atoms. The molecule has 0 amide bonds. The second kappa shape index (κ2) is 6.51. The summed E-state index contributed by atoms with van der Waals surface area (Å²) in [5, 5.41) is 0.478. The summed E-state index contributed by atoms with van der Waals surface area (Å²) in [5.74, 6) is 3.31. The highest BCUT2D eigenvalue weighted by Gasteiger charge is 2.39. The van der Waals surface area contributed by atoms with Gasteiger partial charge in [-0.2, -0.15) is 0 Å². The second-order valence-corrected chi connectivity index (χ2v) is 8.06. The Balaban J connectivity index is 1.45. The minimum atomic E-state index is 0.478. The zero-order valence-corrected chi connectivity index (χ0v) is 15.4. The highest BCUT2D eigenvalue weighted by molar-refractivity contribution is 6.29. The van der Waals surface area contributed by atoms with Gasteiger partial charge in [-0.25, -0.2) is 9.97 Å². The first kappa shape index (κ1) is 16.0. The van der Waals surface area contributed by atoms with Gasteiger partial charge in [0.1, 0.15) is 5.15 Å². The number of fused-ring (bicyclic) bond motifs is 2. The summed E-state index contributed by atoms with van der Waals surface area (Å²) in [6.07, 6.45) is 5.68. The van der Waals surface area contributed by atoms with Gasteiger partial charge in [0.25, 0.3) is 0 Å². The first-order chi connectivity index (χ1) is 12.8. The molecule has 1 aromatic heterocycles. The average Bonchev–Trinajstić information content (AvgIpc) is 3.32. The Morgan fingerprint density at radius 2 is 1.62 bits per heavy atom. The van der Waals surface area contributed by atoms with Crippen LogP contribution in [-0.4, -0.2) is 9.97 Å². The van der Waals surface area contributed by atoms with E-state index in [-0.39, 0.29) is 0 Å². The van der Waals surface area contributed by atoms with Crippen molar-refractivity contribution in [1.29, 1.82) is 0 Å². The Morgan fingerprint density at radius 3 is 2.31 bits per heavy atom. The van der Waals surface area contributed by atoms with Gasteiger partial charge < -0.3 is 0 Å². The van der Waals surface area contributed by atoms with Crippen LogP contribution in [0.15, 0.2) is 60.7 Å². The molecular weight excluding hydrogens is 340 g/mol. The lowest BCUT2D eigenvalue weighted by atomic mass is 9.83. The normalized spacial score (nSPS) is 24.1. The molecule has 2 aliphatic rings. The average molecular weight is 361 g/mol. The molecule has 0 spiro atoms. The van der Waals surface area contributed by atoms with Gasteiger partial charge in [0.2, 0.25) is 0 Å². The Hall–Kier alpha value is -2.19. The first-order valence-corrected chi connectivity index (χ1v) is 9.84. The van der Waals surface area contributed by atoms with Crippen molar-refractivity contribution in [3.05, 3.63) is 71.4 Å². The number of hydrogen-bond acceptors (Lipinski definition) is 2. The fraction of sp³-hybridized carbons (Fsp3) is 0.304. The van der Waals surface area contributed by atoms with Crippen LogP contribution < -0.4 is 0 Å². The van der Waals surface area contributed by atoms with E-state index in [4.69, 9.17) is 16.6 Å². The molecule has 2 fully saturated rings. The standard InChI is InChI=1S/C23H21ClN2/c24-22-14-21(25-23(26-22)18-4-2-1-3-5-18)17-10-8-16(9-11-17)20-13-15-6-7-19(20)12-15/h1-5,8-11,14-15,19-20H,6-7,12-13H2. The van der Waals surface area contributed by atoms with Gasteiger partial charge in [-0.15, -0.1) is 0 Å². The maximum atomic E-state index is 6.28. The third-order valence-corrected chi connectivity index (χ3v) is 6.29. The number of aromatic nitrogens is 2. The van der Waals surface area contributed by atoms with Crippen LogP contribution in [0.3, 0.4) is 0 Å². The monoisotopic (exact) mass is 360 g/mol. The summed E-state index contributed by atoms with van der Waals surface area (Å²) in [7, 11) is 0. The molecule has 0 radical (unpaired) electrons. The minimum Gasteiger partial charge on any atom is -0.228 e. The third kappa shape index (κ3) is 2.93. The van der Waals surface area contributed by atoms with Crippen LogP contribution in [0.4, 0.5) is 0 Å². The Morgan fingerprint density at radius 1 is 0.808 bits per heavy atom. The van der Waals surface area contributed by atoms with Crippen molar-refractivity contribution in [3.8, 4) is 22.6 Å². The Bertz CT molecular complexity index is 921. The van der Waals surface area contributed by atoms with E-state index in [0.29, 0.717) is 11.0 Å². The molecule has 0 saturated heterocycles. The molecule has 0 aliphatic heterocycles. The van der Waals surface area contributed by atoms with Crippen LogP contribution in [0.1, 0.15) is 37.2 Å². The van der Waals surface area contributed by atoms with Gasteiger partial charge in [-0.3, -0.25) is 0 Å². The van der Waals surface area contributed by atoms with Crippen molar-refractivity contribution in [3.63, 3.8) is 0 Å². The van der Waals surface area contributed by atoms with Crippen molar-refractivity contribution < 1.29 is 0 Å². The highest BCUT2D eigenvalue weighted by atomic mass is 35.5. The van der Waals surface area contributed by atoms with Gasteiger partial charge in [-0.1, -0.05) is 72.6 Å². The van der Waals surface area contributed by atoms with Gasteiger partial charge in [0.05, 0.1) is 5.69 Å². The fourth-order valence-electron chi connectivity index (χ4n) is 4.84. The number of nitrogens with zero attached hydrogens (tertiary/aromatic N) is 2. The van der Waals surface area contributed by atoms with Crippen molar-refractivity contribution in [2.75, 3.05) is 0 Å². The summed E-state index contributed by atoms with van der Waals surface area (Å²) in [6.45, 7) is 0. The van der Waals surface area contributed by atoms with Crippen molar-refractivity contribution in [2.24, 2.45) is 11.8 Å². The summed E-state index contributed by atoms with van der Waals surface area (Å²) in [6, 6.07) is 20.8. The molecule has 3 atom stereocenters. The van der Waals surface area contributed by atoms with Crippen LogP contribution >= 0.6 is 11.6 Å². The summed E-state index contributed by atoms with van der Waals surface area (Å²) < 4.78 is 0. The van der Waals surface area contributed by atoms with E-state index in [1.54, 1.807) is 0 Å². The van der Waals surface area contributed by atoms with E-state index in [9.17, 15) is 0 Å². The molecule has 5 rings (SSSR count). The zero-order chi connectivity index (χ0) is 17.5. The first-order valence-electron chi connectivity index (χ1n) is 9.46. The molecule has 0 N–H and O–H groups in total. The van der Waals surface area contributed by atoms with E-state index in [1.807, 2.05) is 36.4 Å². The quantitative estimate of drug-likeness (QED) is 0.507. The molecular formula is C23H21ClN2. The number of rotatable bonds is 3. The van der Waals surface area contributed by atoms with Gasteiger partial charge >= 0.3 is 0 Å². The highest BCUT2D eigenvalue weighted by Crippen LogP contribution is 2.52. The lowest BCUT2D eigenvalue weighted by Gasteiger charge is -2.22. The molecule has 3 unspecified atom stereocenters. The van der Waals surface area contributed by atoms with E-state index in [2.05, 4.69) is 29.2 Å². The minimum absolute atomic E-state index is 0.478. The molecule has 3 heteroatoms. The molecule has 130 valence electrons. The number of hydrogen-bond donors (Lipinski definition) is 0.